The number of hydrogen-bond acceptors (Lipinski definition) is 10. The Morgan fingerprint density at radius 1 is 0.857 bits per heavy atom. The number of esters is 2. The minimum atomic E-state index is -0.164. The predicted octanol–water partition coefficient (Wildman–Crippen LogP) is 4.59. The number of carbonyl (C=O) groups excluding carboxylic acids is 2. The molecule has 0 radical (unpaired) electrons. The van der Waals surface area contributed by atoms with Crippen molar-refractivity contribution in [2.45, 2.75) is 12.8 Å². The Bertz CT molecular complexity index is 653. The maximum atomic E-state index is 11.4. The summed E-state index contributed by atoms with van der Waals surface area (Å²) in [4.78, 5) is 22.9. The minimum absolute atomic E-state index is 0.164. The standard InChI is InChI=1S/C16H20O4S6Se2/c1-19-9(17)5-7-23-14-15(24-8-6-10(18)20-2)28-16(27-14)13-25-11(21-3)12(22-4)26-13/h5-8H2,1-4H3. The van der Waals surface area contributed by atoms with Gasteiger partial charge in [-0.1, -0.05) is 0 Å². The first kappa shape index (κ1) is 25.6. The SMILES string of the molecule is COC(=O)CCSC1=C(SCCC(=O)OC)[Se]C(=C2SC(SC)=C(SC)S2)[Se]1. The van der Waals surface area contributed by atoms with Crippen molar-refractivity contribution in [2.75, 3.05) is 38.2 Å². The van der Waals surface area contributed by atoms with Gasteiger partial charge in [0.05, 0.1) is 0 Å². The van der Waals surface area contributed by atoms with Gasteiger partial charge in [0.2, 0.25) is 0 Å². The normalized spacial score (nSPS) is 17.0. The zero-order valence-electron chi connectivity index (χ0n) is 15.7. The summed E-state index contributed by atoms with van der Waals surface area (Å²) >= 11 is 11.7. The number of carbonyl (C=O) groups is 2. The summed E-state index contributed by atoms with van der Waals surface area (Å²) in [6, 6.07) is 0. The average Bonchev–Trinajstić information content (AvgIpc) is 3.31. The van der Waals surface area contributed by atoms with E-state index in [4.69, 9.17) is 9.47 Å². The van der Waals surface area contributed by atoms with E-state index in [1.54, 1.807) is 26.9 Å². The second-order valence-corrected chi connectivity index (χ2v) is 18.3. The summed E-state index contributed by atoms with van der Waals surface area (Å²) < 4.78 is 18.2. The Hall–Kier alpha value is 1.30. The van der Waals surface area contributed by atoms with Crippen LogP contribution in [-0.4, -0.2) is 80.1 Å². The van der Waals surface area contributed by atoms with E-state index in [1.165, 1.54) is 34.5 Å². The Labute approximate surface area is 204 Å². The fraction of sp³-hybridized carbons (Fsp3) is 0.500. The average molecular weight is 627 g/mol. The van der Waals surface area contributed by atoms with Crippen LogP contribution in [0.15, 0.2) is 23.7 Å². The van der Waals surface area contributed by atoms with Gasteiger partial charge < -0.3 is 0 Å². The summed E-state index contributed by atoms with van der Waals surface area (Å²) in [5.41, 5.74) is 0. The molecule has 156 valence electrons. The van der Waals surface area contributed by atoms with Crippen LogP contribution >= 0.6 is 70.6 Å². The van der Waals surface area contributed by atoms with Crippen molar-refractivity contribution in [3.63, 3.8) is 0 Å². The van der Waals surface area contributed by atoms with Crippen LogP contribution < -0.4 is 0 Å². The summed E-state index contributed by atoms with van der Waals surface area (Å²) in [7, 11) is 2.86. The molecule has 2 rings (SSSR count). The van der Waals surface area contributed by atoms with Crippen molar-refractivity contribution in [2.24, 2.45) is 0 Å². The molecule has 28 heavy (non-hydrogen) atoms. The molecule has 4 nitrogen and oxygen atoms in total. The molecule has 0 spiro atoms. The van der Waals surface area contributed by atoms with Crippen molar-refractivity contribution in [1.82, 2.24) is 0 Å². The Kier molecular flexibility index (Phi) is 12.5. The van der Waals surface area contributed by atoms with Gasteiger partial charge in [-0.25, -0.2) is 0 Å². The van der Waals surface area contributed by atoms with Gasteiger partial charge in [-0.3, -0.25) is 0 Å². The molecule has 0 atom stereocenters. The van der Waals surface area contributed by atoms with Crippen LogP contribution in [0, 0.1) is 0 Å². The van der Waals surface area contributed by atoms with Gasteiger partial charge in [0.25, 0.3) is 0 Å². The van der Waals surface area contributed by atoms with Gasteiger partial charge in [0.15, 0.2) is 0 Å². The number of methoxy groups -OCH3 is 2. The molecule has 2 aliphatic heterocycles. The molecule has 0 N–H and O–H groups in total. The molecule has 0 aromatic carbocycles. The van der Waals surface area contributed by atoms with Gasteiger partial charge in [-0.05, 0) is 0 Å². The summed E-state index contributed by atoms with van der Waals surface area (Å²) in [6.45, 7) is 0. The van der Waals surface area contributed by atoms with E-state index in [0.717, 1.165) is 11.5 Å². The topological polar surface area (TPSA) is 52.6 Å². The molecule has 0 amide bonds. The number of rotatable bonds is 10. The Morgan fingerprint density at radius 3 is 1.64 bits per heavy atom. The third kappa shape index (κ3) is 7.77. The summed E-state index contributed by atoms with van der Waals surface area (Å²) in [6.07, 6.45) is 5.13. The molecule has 0 aliphatic carbocycles. The molecule has 0 bridgehead atoms. The molecule has 0 fully saturated rings. The first-order chi connectivity index (χ1) is 13.5. The van der Waals surface area contributed by atoms with Crippen molar-refractivity contribution in [3.8, 4) is 0 Å². The number of hydrogen-bond donors (Lipinski definition) is 0. The fourth-order valence-corrected chi connectivity index (χ4v) is 19.7. The zero-order valence-corrected chi connectivity index (χ0v) is 24.1. The van der Waals surface area contributed by atoms with E-state index in [2.05, 4.69) is 12.5 Å². The molecule has 2 heterocycles. The third-order valence-electron chi connectivity index (χ3n) is 3.15. The van der Waals surface area contributed by atoms with Crippen LogP contribution in [-0.2, 0) is 19.1 Å². The molecular formula is C16H20O4S6Se2. The van der Waals surface area contributed by atoms with Gasteiger partial charge in [-0.15, -0.1) is 0 Å². The molecule has 12 heteroatoms. The van der Waals surface area contributed by atoms with Crippen LogP contribution in [0.4, 0.5) is 0 Å². The number of ether oxygens (including phenoxy) is 2. The molecule has 0 aromatic rings. The quantitative estimate of drug-likeness (QED) is 0.255. The van der Waals surface area contributed by atoms with E-state index in [-0.39, 0.29) is 11.9 Å². The zero-order chi connectivity index (χ0) is 20.5. The first-order valence-corrected chi connectivity index (χ1v) is 17.4. The van der Waals surface area contributed by atoms with Crippen LogP contribution in [0.5, 0.6) is 0 Å². The summed E-state index contributed by atoms with van der Waals surface area (Å²) in [5.74, 6) is 1.16. The van der Waals surface area contributed by atoms with E-state index in [1.807, 2.05) is 47.0 Å². The van der Waals surface area contributed by atoms with E-state index < -0.39 is 0 Å². The van der Waals surface area contributed by atoms with Crippen LogP contribution in [0.1, 0.15) is 12.8 Å². The van der Waals surface area contributed by atoms with Crippen molar-refractivity contribution in [1.29, 1.82) is 0 Å². The summed E-state index contributed by atoms with van der Waals surface area (Å²) in [5, 5.41) is 0. The van der Waals surface area contributed by atoms with Crippen LogP contribution in [0.25, 0.3) is 0 Å². The van der Waals surface area contributed by atoms with Gasteiger partial charge in [0, 0.05) is 0 Å². The molecule has 0 saturated carbocycles. The molecule has 2 aliphatic rings. The first-order valence-electron chi connectivity index (χ1n) is 7.93. The Morgan fingerprint density at radius 2 is 1.29 bits per heavy atom. The monoisotopic (exact) mass is 628 g/mol. The van der Waals surface area contributed by atoms with Gasteiger partial charge in [-0.2, -0.15) is 0 Å². The van der Waals surface area contributed by atoms with E-state index in [9.17, 15) is 9.59 Å². The number of thioether (sulfide) groups is 6. The molecule has 0 unspecified atom stereocenters. The third-order valence-corrected chi connectivity index (χ3v) is 20.1. The second-order valence-electron chi connectivity index (χ2n) is 4.89. The van der Waals surface area contributed by atoms with Gasteiger partial charge >= 0.3 is 206 Å². The predicted molar refractivity (Wildman–Crippen MR) is 133 cm³/mol. The molecular weight excluding hydrogens is 606 g/mol. The van der Waals surface area contributed by atoms with Gasteiger partial charge in [0.1, 0.15) is 0 Å². The fourth-order valence-electron chi connectivity index (χ4n) is 1.80. The van der Waals surface area contributed by atoms with Crippen LogP contribution in [0.3, 0.4) is 0 Å². The van der Waals surface area contributed by atoms with Crippen molar-refractivity contribution >= 4 is 112 Å². The Balaban J connectivity index is 2.04. The molecule has 0 saturated heterocycles. The van der Waals surface area contributed by atoms with Crippen molar-refractivity contribution in [3.05, 3.63) is 23.7 Å². The molecule has 0 aromatic heterocycles. The van der Waals surface area contributed by atoms with E-state index >= 15 is 0 Å². The van der Waals surface area contributed by atoms with Crippen molar-refractivity contribution < 1.29 is 19.1 Å². The van der Waals surface area contributed by atoms with E-state index in [0.29, 0.717) is 42.8 Å². The second kappa shape index (κ2) is 13.7. The van der Waals surface area contributed by atoms with Crippen LogP contribution in [0.2, 0.25) is 0 Å². The maximum absolute atomic E-state index is 11.4.